The molecule has 0 radical (unpaired) electrons. The predicted octanol–water partition coefficient (Wildman–Crippen LogP) is 4.55. The summed E-state index contributed by atoms with van der Waals surface area (Å²) in [6, 6.07) is 12.1. The molecule has 0 aliphatic rings. The first kappa shape index (κ1) is 14.7. The van der Waals surface area contributed by atoms with Crippen LogP contribution in [0.4, 0.5) is 5.69 Å². The molecule has 0 bridgehead atoms. The Labute approximate surface area is 125 Å². The second kappa shape index (κ2) is 6.63. The van der Waals surface area contributed by atoms with Gasteiger partial charge in [-0.3, -0.25) is 10.1 Å². The second-order valence-electron chi connectivity index (χ2n) is 4.00. The molecule has 0 atom stereocenters. The van der Waals surface area contributed by atoms with Crippen LogP contribution >= 0.6 is 23.4 Å². The molecule has 0 saturated carbocycles. The van der Waals surface area contributed by atoms with E-state index >= 15 is 0 Å². The number of nitrogens with zero attached hydrogens (tertiary/aromatic N) is 1. The van der Waals surface area contributed by atoms with Crippen LogP contribution in [0.1, 0.15) is 5.56 Å². The van der Waals surface area contributed by atoms with Crippen molar-refractivity contribution in [1.29, 1.82) is 0 Å². The van der Waals surface area contributed by atoms with Crippen molar-refractivity contribution in [3.63, 3.8) is 0 Å². The first-order chi connectivity index (χ1) is 9.60. The van der Waals surface area contributed by atoms with Gasteiger partial charge in [-0.25, -0.2) is 0 Å². The van der Waals surface area contributed by atoms with E-state index in [0.717, 1.165) is 16.2 Å². The molecule has 0 aliphatic heterocycles. The Kier molecular flexibility index (Phi) is 4.87. The summed E-state index contributed by atoms with van der Waals surface area (Å²) < 4.78 is 5.09. The first-order valence-corrected chi connectivity index (χ1v) is 7.16. The largest absolute Gasteiger partial charge is 0.497 e. The smallest absolute Gasteiger partial charge is 0.269 e. The van der Waals surface area contributed by atoms with E-state index in [0.29, 0.717) is 10.8 Å². The van der Waals surface area contributed by atoms with Gasteiger partial charge in [0.25, 0.3) is 5.69 Å². The summed E-state index contributed by atoms with van der Waals surface area (Å²) >= 11 is 7.62. The molecule has 6 heteroatoms. The maximum Gasteiger partial charge on any atom is 0.269 e. The van der Waals surface area contributed by atoms with Gasteiger partial charge in [0.1, 0.15) is 5.75 Å². The van der Waals surface area contributed by atoms with E-state index in [9.17, 15) is 10.1 Å². The summed E-state index contributed by atoms with van der Waals surface area (Å²) in [7, 11) is 1.62. The Balaban J connectivity index is 2.09. The predicted molar refractivity (Wildman–Crippen MR) is 80.7 cm³/mol. The third-order valence-electron chi connectivity index (χ3n) is 2.69. The summed E-state index contributed by atoms with van der Waals surface area (Å²) in [4.78, 5) is 11.4. The Hall–Kier alpha value is -1.72. The number of hydrogen-bond acceptors (Lipinski definition) is 4. The van der Waals surface area contributed by atoms with Crippen LogP contribution in [0, 0.1) is 10.1 Å². The molecule has 0 unspecified atom stereocenters. The van der Waals surface area contributed by atoms with E-state index < -0.39 is 4.92 Å². The highest BCUT2D eigenvalue weighted by atomic mass is 35.5. The summed E-state index contributed by atoms with van der Waals surface area (Å²) in [5.41, 5.74) is 0.807. The minimum absolute atomic E-state index is 0.0553. The van der Waals surface area contributed by atoms with Crippen LogP contribution in [-0.4, -0.2) is 12.0 Å². The topological polar surface area (TPSA) is 52.4 Å². The number of nitro benzene ring substituents is 1. The minimum Gasteiger partial charge on any atom is -0.497 e. The molecule has 20 heavy (non-hydrogen) atoms. The number of benzene rings is 2. The lowest BCUT2D eigenvalue weighted by atomic mass is 10.2. The van der Waals surface area contributed by atoms with Crippen LogP contribution in [0.3, 0.4) is 0 Å². The number of hydrogen-bond donors (Lipinski definition) is 0. The van der Waals surface area contributed by atoms with Crippen LogP contribution in [-0.2, 0) is 5.75 Å². The molecule has 2 aromatic rings. The Morgan fingerprint density at radius 1 is 1.25 bits per heavy atom. The number of thioether (sulfide) groups is 1. The van der Waals surface area contributed by atoms with Gasteiger partial charge in [-0.15, -0.1) is 11.8 Å². The molecule has 0 amide bonds. The van der Waals surface area contributed by atoms with Crippen molar-refractivity contribution in [2.24, 2.45) is 0 Å². The number of methoxy groups -OCH3 is 1. The van der Waals surface area contributed by atoms with E-state index in [4.69, 9.17) is 16.3 Å². The van der Waals surface area contributed by atoms with E-state index in [1.54, 1.807) is 24.9 Å². The third-order valence-corrected chi connectivity index (χ3v) is 4.12. The molecule has 2 rings (SSSR count). The summed E-state index contributed by atoms with van der Waals surface area (Å²) in [5.74, 6) is 1.37. The monoisotopic (exact) mass is 309 g/mol. The normalized spacial score (nSPS) is 10.3. The molecule has 2 aromatic carbocycles. The van der Waals surface area contributed by atoms with Crippen molar-refractivity contribution in [2.75, 3.05) is 7.11 Å². The van der Waals surface area contributed by atoms with Gasteiger partial charge < -0.3 is 4.74 Å². The average molecular weight is 310 g/mol. The maximum absolute atomic E-state index is 10.8. The Morgan fingerprint density at radius 2 is 1.95 bits per heavy atom. The SMILES string of the molecule is COc1ccc(SCc2cc([N+](=O)[O-])ccc2Cl)cc1. The third kappa shape index (κ3) is 3.65. The van der Waals surface area contributed by atoms with Gasteiger partial charge in [0.2, 0.25) is 0 Å². The van der Waals surface area contributed by atoms with Crippen molar-refractivity contribution in [3.8, 4) is 5.75 Å². The van der Waals surface area contributed by atoms with Crippen molar-refractivity contribution < 1.29 is 9.66 Å². The number of non-ortho nitro benzene ring substituents is 1. The zero-order chi connectivity index (χ0) is 14.5. The molecule has 0 N–H and O–H groups in total. The van der Waals surface area contributed by atoms with Crippen molar-refractivity contribution >= 4 is 29.1 Å². The van der Waals surface area contributed by atoms with E-state index in [1.807, 2.05) is 24.3 Å². The molecule has 0 fully saturated rings. The average Bonchev–Trinajstić information content (AvgIpc) is 2.46. The quantitative estimate of drug-likeness (QED) is 0.462. The van der Waals surface area contributed by atoms with E-state index in [1.165, 1.54) is 12.1 Å². The van der Waals surface area contributed by atoms with E-state index in [2.05, 4.69) is 0 Å². The Morgan fingerprint density at radius 3 is 2.55 bits per heavy atom. The number of ether oxygens (including phenoxy) is 1. The highest BCUT2D eigenvalue weighted by Gasteiger charge is 2.10. The number of rotatable bonds is 5. The zero-order valence-corrected chi connectivity index (χ0v) is 12.3. The van der Waals surface area contributed by atoms with Gasteiger partial charge in [-0.1, -0.05) is 11.6 Å². The summed E-state index contributed by atoms with van der Waals surface area (Å²) in [6.07, 6.45) is 0. The van der Waals surface area contributed by atoms with Gasteiger partial charge in [0.15, 0.2) is 0 Å². The van der Waals surface area contributed by atoms with Crippen molar-refractivity contribution in [2.45, 2.75) is 10.6 Å². The van der Waals surface area contributed by atoms with Crippen molar-refractivity contribution in [1.82, 2.24) is 0 Å². The first-order valence-electron chi connectivity index (χ1n) is 5.80. The molecular formula is C14H12ClNO3S. The maximum atomic E-state index is 10.8. The fourth-order valence-electron chi connectivity index (χ4n) is 1.62. The van der Waals surface area contributed by atoms with Crippen LogP contribution in [0.2, 0.25) is 5.02 Å². The summed E-state index contributed by atoms with van der Waals surface area (Å²) in [5, 5.41) is 11.3. The van der Waals surface area contributed by atoms with Crippen molar-refractivity contribution in [3.05, 3.63) is 63.2 Å². The van der Waals surface area contributed by atoms with Crippen LogP contribution in [0.15, 0.2) is 47.4 Å². The minimum atomic E-state index is -0.419. The van der Waals surface area contributed by atoms with Gasteiger partial charge in [0, 0.05) is 27.8 Å². The lowest BCUT2D eigenvalue weighted by Gasteiger charge is -2.05. The summed E-state index contributed by atoms with van der Waals surface area (Å²) in [6.45, 7) is 0. The lowest BCUT2D eigenvalue weighted by Crippen LogP contribution is -1.90. The lowest BCUT2D eigenvalue weighted by molar-refractivity contribution is -0.384. The van der Waals surface area contributed by atoms with Gasteiger partial charge in [-0.05, 0) is 35.9 Å². The molecule has 0 heterocycles. The number of halogens is 1. The highest BCUT2D eigenvalue weighted by molar-refractivity contribution is 7.98. The second-order valence-corrected chi connectivity index (χ2v) is 5.45. The van der Waals surface area contributed by atoms with Gasteiger partial charge in [0.05, 0.1) is 12.0 Å². The van der Waals surface area contributed by atoms with Crippen LogP contribution in [0.25, 0.3) is 0 Å². The zero-order valence-electron chi connectivity index (χ0n) is 10.7. The van der Waals surface area contributed by atoms with Crippen LogP contribution < -0.4 is 4.74 Å². The number of nitro groups is 1. The molecule has 4 nitrogen and oxygen atoms in total. The molecule has 0 aliphatic carbocycles. The van der Waals surface area contributed by atoms with Crippen LogP contribution in [0.5, 0.6) is 5.75 Å². The molecule has 104 valence electrons. The molecule has 0 saturated heterocycles. The van der Waals surface area contributed by atoms with Gasteiger partial charge >= 0.3 is 0 Å². The fraction of sp³-hybridized carbons (Fsp3) is 0.143. The molecule has 0 aromatic heterocycles. The molecule has 0 spiro atoms. The highest BCUT2D eigenvalue weighted by Crippen LogP contribution is 2.30. The molecular weight excluding hydrogens is 298 g/mol. The Bertz CT molecular complexity index is 616. The standard InChI is InChI=1S/C14H12ClNO3S/c1-19-12-3-5-13(6-4-12)20-9-10-8-11(16(17)18)2-7-14(10)15/h2-8H,9H2,1H3. The van der Waals surface area contributed by atoms with Gasteiger partial charge in [-0.2, -0.15) is 0 Å². The fourth-order valence-corrected chi connectivity index (χ4v) is 2.77. The van der Waals surface area contributed by atoms with E-state index in [-0.39, 0.29) is 5.69 Å².